The highest BCUT2D eigenvalue weighted by molar-refractivity contribution is 5.91. The molecule has 1 fully saturated rings. The first-order chi connectivity index (χ1) is 8.21. The van der Waals surface area contributed by atoms with Crippen LogP contribution in [0.1, 0.15) is 34.5 Å². The molecule has 0 aromatic carbocycles. The molecule has 90 valence electrons. The molecule has 1 unspecified atom stereocenters. The number of nitrogens with two attached hydrogens (primary N) is 1. The Morgan fingerprint density at radius 3 is 3.12 bits per heavy atom. The second kappa shape index (κ2) is 3.78. The van der Waals surface area contributed by atoms with E-state index < -0.39 is 5.91 Å². The number of nitrogens with zero attached hydrogens (tertiary/aromatic N) is 1. The number of carbonyl (C=O) groups is 1. The minimum Gasteiger partial charge on any atom is -0.378 e. The predicted octanol–water partition coefficient (Wildman–Crippen LogP) is 0.716. The van der Waals surface area contributed by atoms with Crippen LogP contribution in [0, 0.1) is 0 Å². The number of aromatic nitrogens is 1. The quantitative estimate of drug-likeness (QED) is 0.776. The van der Waals surface area contributed by atoms with Crippen LogP contribution in [0.5, 0.6) is 0 Å². The largest absolute Gasteiger partial charge is 0.378 e. The lowest BCUT2D eigenvalue weighted by Crippen LogP contribution is -2.35. The van der Waals surface area contributed by atoms with Gasteiger partial charge in [-0.3, -0.25) is 9.78 Å². The molecule has 0 radical (unpaired) electrons. The van der Waals surface area contributed by atoms with Gasteiger partial charge < -0.3 is 15.2 Å². The van der Waals surface area contributed by atoms with E-state index in [0.717, 1.165) is 30.6 Å². The molecule has 5 nitrogen and oxygen atoms in total. The zero-order chi connectivity index (χ0) is 11.9. The van der Waals surface area contributed by atoms with Crippen LogP contribution in [-0.4, -0.2) is 24.1 Å². The molecular weight excluding hydrogens is 220 g/mol. The Morgan fingerprint density at radius 1 is 1.53 bits per heavy atom. The number of hydrogen-bond acceptors (Lipinski definition) is 4. The topological polar surface area (TPSA) is 74.4 Å². The summed E-state index contributed by atoms with van der Waals surface area (Å²) in [4.78, 5) is 15.2. The number of rotatable bonds is 1. The van der Waals surface area contributed by atoms with Crippen molar-refractivity contribution in [3.63, 3.8) is 0 Å². The van der Waals surface area contributed by atoms with Gasteiger partial charge in [-0.15, -0.1) is 0 Å². The maximum atomic E-state index is 11.2. The number of primary amides is 1. The van der Waals surface area contributed by atoms with Crippen LogP contribution in [0.3, 0.4) is 0 Å². The molecule has 2 aliphatic rings. The van der Waals surface area contributed by atoms with E-state index in [-0.39, 0.29) is 5.60 Å². The predicted molar refractivity (Wildman–Crippen MR) is 59.3 cm³/mol. The zero-order valence-electron chi connectivity index (χ0n) is 9.44. The van der Waals surface area contributed by atoms with Gasteiger partial charge in [0.2, 0.25) is 0 Å². The summed E-state index contributed by atoms with van der Waals surface area (Å²) in [5.74, 6) is -0.508. The summed E-state index contributed by atoms with van der Waals surface area (Å²) in [7, 11) is 0. The molecule has 0 bridgehead atoms. The standard InChI is InChI=1S/C12H14N2O3/c13-11(15)10-4-9-8(5-14-10)6-17-12(9)2-1-3-16-7-12/h4-5H,1-3,6-7H2,(H2,13,15). The number of amides is 1. The highest BCUT2D eigenvalue weighted by Crippen LogP contribution is 2.42. The zero-order valence-corrected chi connectivity index (χ0v) is 9.44. The van der Waals surface area contributed by atoms with Gasteiger partial charge in [0.05, 0.1) is 13.2 Å². The lowest BCUT2D eigenvalue weighted by molar-refractivity contribution is -0.126. The van der Waals surface area contributed by atoms with Crippen LogP contribution in [0.15, 0.2) is 12.3 Å². The molecule has 3 rings (SSSR count). The molecule has 1 saturated heterocycles. The minimum atomic E-state index is -0.508. The highest BCUT2D eigenvalue weighted by Gasteiger charge is 2.42. The van der Waals surface area contributed by atoms with Gasteiger partial charge in [0.25, 0.3) is 5.91 Å². The molecule has 0 saturated carbocycles. The summed E-state index contributed by atoms with van der Waals surface area (Å²) in [5, 5.41) is 0. The van der Waals surface area contributed by atoms with Gasteiger partial charge in [-0.2, -0.15) is 0 Å². The van der Waals surface area contributed by atoms with E-state index in [0.29, 0.717) is 18.9 Å². The number of hydrogen-bond donors (Lipinski definition) is 1. The van der Waals surface area contributed by atoms with Crippen LogP contribution in [0.2, 0.25) is 0 Å². The lowest BCUT2D eigenvalue weighted by atomic mass is 9.88. The van der Waals surface area contributed by atoms with Crippen LogP contribution in [-0.2, 0) is 21.7 Å². The maximum absolute atomic E-state index is 11.2. The Hall–Kier alpha value is -1.46. The third-order valence-corrected chi connectivity index (χ3v) is 3.44. The van der Waals surface area contributed by atoms with E-state index >= 15 is 0 Å². The summed E-state index contributed by atoms with van der Waals surface area (Å²) in [5.41, 5.74) is 7.20. The van der Waals surface area contributed by atoms with E-state index in [1.165, 1.54) is 0 Å². The summed E-state index contributed by atoms with van der Waals surface area (Å²) in [6, 6.07) is 1.75. The van der Waals surface area contributed by atoms with Gasteiger partial charge in [0.15, 0.2) is 0 Å². The summed E-state index contributed by atoms with van der Waals surface area (Å²) in [6.07, 6.45) is 3.56. The maximum Gasteiger partial charge on any atom is 0.267 e. The molecule has 1 aromatic rings. The van der Waals surface area contributed by atoms with Crippen molar-refractivity contribution in [3.8, 4) is 0 Å². The molecule has 2 aliphatic heterocycles. The van der Waals surface area contributed by atoms with Gasteiger partial charge in [0, 0.05) is 18.4 Å². The normalized spacial score (nSPS) is 27.1. The Bertz CT molecular complexity index is 461. The number of ether oxygens (including phenoxy) is 2. The molecule has 3 heterocycles. The molecule has 1 atom stereocenters. The van der Waals surface area contributed by atoms with Gasteiger partial charge in [0.1, 0.15) is 11.3 Å². The van der Waals surface area contributed by atoms with Crippen molar-refractivity contribution in [3.05, 3.63) is 29.1 Å². The molecule has 1 spiro atoms. The van der Waals surface area contributed by atoms with Crippen molar-refractivity contribution >= 4 is 5.91 Å². The SMILES string of the molecule is NC(=O)c1cc2c(cn1)COC21CCCOC1. The Balaban J connectivity index is 2.04. The minimum absolute atomic E-state index is 0.291. The molecular formula is C12H14N2O3. The van der Waals surface area contributed by atoms with Gasteiger partial charge in [-0.1, -0.05) is 0 Å². The number of pyridine rings is 1. The van der Waals surface area contributed by atoms with Crippen molar-refractivity contribution in [2.75, 3.05) is 13.2 Å². The van der Waals surface area contributed by atoms with Crippen molar-refractivity contribution in [1.29, 1.82) is 0 Å². The van der Waals surface area contributed by atoms with E-state index in [9.17, 15) is 4.79 Å². The number of fused-ring (bicyclic) bond motifs is 2. The van der Waals surface area contributed by atoms with Gasteiger partial charge in [-0.05, 0) is 24.5 Å². The van der Waals surface area contributed by atoms with Crippen molar-refractivity contribution < 1.29 is 14.3 Å². The molecule has 17 heavy (non-hydrogen) atoms. The van der Waals surface area contributed by atoms with E-state index in [1.807, 2.05) is 0 Å². The Morgan fingerprint density at radius 2 is 2.41 bits per heavy atom. The second-order valence-corrected chi connectivity index (χ2v) is 4.53. The van der Waals surface area contributed by atoms with Crippen molar-refractivity contribution in [2.24, 2.45) is 5.73 Å². The summed E-state index contributed by atoms with van der Waals surface area (Å²) < 4.78 is 11.4. The van der Waals surface area contributed by atoms with E-state index in [1.54, 1.807) is 12.3 Å². The smallest absolute Gasteiger partial charge is 0.267 e. The molecule has 2 N–H and O–H groups in total. The van der Waals surface area contributed by atoms with Crippen molar-refractivity contribution in [2.45, 2.75) is 25.0 Å². The Kier molecular flexibility index (Phi) is 2.38. The third kappa shape index (κ3) is 1.62. The van der Waals surface area contributed by atoms with Gasteiger partial charge in [-0.25, -0.2) is 0 Å². The lowest BCUT2D eigenvalue weighted by Gasteiger charge is -2.33. The van der Waals surface area contributed by atoms with E-state index in [2.05, 4.69) is 4.98 Å². The molecule has 5 heteroatoms. The average Bonchev–Trinajstić information content (AvgIpc) is 2.69. The fraction of sp³-hybridized carbons (Fsp3) is 0.500. The highest BCUT2D eigenvalue weighted by atomic mass is 16.5. The first-order valence-electron chi connectivity index (χ1n) is 5.72. The fourth-order valence-corrected chi connectivity index (χ4v) is 2.55. The first-order valence-corrected chi connectivity index (χ1v) is 5.72. The summed E-state index contributed by atoms with van der Waals surface area (Å²) in [6.45, 7) is 1.85. The van der Waals surface area contributed by atoms with Crippen LogP contribution in [0.4, 0.5) is 0 Å². The number of carbonyl (C=O) groups excluding carboxylic acids is 1. The first kappa shape index (κ1) is 10.7. The molecule has 1 aromatic heterocycles. The third-order valence-electron chi connectivity index (χ3n) is 3.44. The van der Waals surface area contributed by atoms with Crippen LogP contribution in [0.25, 0.3) is 0 Å². The fourth-order valence-electron chi connectivity index (χ4n) is 2.55. The average molecular weight is 234 g/mol. The second-order valence-electron chi connectivity index (χ2n) is 4.53. The van der Waals surface area contributed by atoms with Crippen LogP contribution >= 0.6 is 0 Å². The monoisotopic (exact) mass is 234 g/mol. The Labute approximate surface area is 98.9 Å². The molecule has 1 amide bonds. The van der Waals surface area contributed by atoms with Crippen LogP contribution < -0.4 is 5.73 Å². The van der Waals surface area contributed by atoms with Gasteiger partial charge >= 0.3 is 0 Å². The van der Waals surface area contributed by atoms with E-state index in [4.69, 9.17) is 15.2 Å². The molecule has 0 aliphatic carbocycles. The summed E-state index contributed by atoms with van der Waals surface area (Å²) >= 11 is 0. The van der Waals surface area contributed by atoms with Crippen molar-refractivity contribution in [1.82, 2.24) is 4.98 Å².